The minimum absolute atomic E-state index is 0.123. The SMILES string of the molecule is CC(C)(C)n1nnc2cc(OC=O)ccc21. The van der Waals surface area contributed by atoms with E-state index < -0.39 is 0 Å². The number of carbonyl (C=O) groups is 1. The fourth-order valence-electron chi connectivity index (χ4n) is 1.53. The highest BCUT2D eigenvalue weighted by molar-refractivity contribution is 5.76. The summed E-state index contributed by atoms with van der Waals surface area (Å²) in [4.78, 5) is 10.2. The van der Waals surface area contributed by atoms with Gasteiger partial charge in [-0.3, -0.25) is 4.79 Å². The van der Waals surface area contributed by atoms with Crippen LogP contribution in [0.5, 0.6) is 5.75 Å². The van der Waals surface area contributed by atoms with Gasteiger partial charge in [0.25, 0.3) is 6.47 Å². The van der Waals surface area contributed by atoms with Gasteiger partial charge >= 0.3 is 0 Å². The number of benzene rings is 1. The maximum Gasteiger partial charge on any atom is 0.298 e. The number of carbonyl (C=O) groups excluding carboxylic acids is 1. The standard InChI is InChI=1S/C11H13N3O2/c1-11(2,3)14-10-5-4-8(16-7-15)6-9(10)12-13-14/h4-7H,1-3H3. The highest BCUT2D eigenvalue weighted by Crippen LogP contribution is 2.23. The molecular weight excluding hydrogens is 206 g/mol. The lowest BCUT2D eigenvalue weighted by Crippen LogP contribution is -2.22. The van der Waals surface area contributed by atoms with E-state index in [2.05, 4.69) is 31.1 Å². The third kappa shape index (κ3) is 1.76. The molecular formula is C11H13N3O2. The predicted octanol–water partition coefficient (Wildman–Crippen LogP) is 1.72. The first-order valence-corrected chi connectivity index (χ1v) is 4.98. The van der Waals surface area contributed by atoms with Crippen LogP contribution in [0.4, 0.5) is 0 Å². The van der Waals surface area contributed by atoms with Crippen molar-refractivity contribution in [2.75, 3.05) is 0 Å². The molecule has 0 saturated carbocycles. The molecule has 0 aliphatic carbocycles. The molecule has 1 aromatic carbocycles. The molecule has 2 rings (SSSR count). The Hall–Kier alpha value is -1.91. The molecule has 5 nitrogen and oxygen atoms in total. The second kappa shape index (κ2) is 3.59. The van der Waals surface area contributed by atoms with Crippen LogP contribution in [0.3, 0.4) is 0 Å². The van der Waals surface area contributed by atoms with Crippen molar-refractivity contribution in [2.24, 2.45) is 0 Å². The largest absolute Gasteiger partial charge is 0.429 e. The Bertz CT molecular complexity index is 525. The molecule has 0 atom stereocenters. The van der Waals surface area contributed by atoms with Crippen molar-refractivity contribution in [1.29, 1.82) is 0 Å². The molecule has 0 spiro atoms. The molecule has 0 bridgehead atoms. The van der Waals surface area contributed by atoms with E-state index >= 15 is 0 Å². The van der Waals surface area contributed by atoms with Crippen molar-refractivity contribution in [3.05, 3.63) is 18.2 Å². The van der Waals surface area contributed by atoms with E-state index in [4.69, 9.17) is 4.74 Å². The number of nitrogens with zero attached hydrogens (tertiary/aromatic N) is 3. The van der Waals surface area contributed by atoms with Crippen LogP contribution in [-0.4, -0.2) is 21.5 Å². The molecule has 0 aliphatic heterocycles. The van der Waals surface area contributed by atoms with Gasteiger partial charge in [-0.2, -0.15) is 0 Å². The minimum atomic E-state index is -0.123. The van der Waals surface area contributed by atoms with Gasteiger partial charge < -0.3 is 4.74 Å². The molecule has 0 unspecified atom stereocenters. The molecule has 1 heterocycles. The van der Waals surface area contributed by atoms with Crippen LogP contribution in [0.2, 0.25) is 0 Å². The molecule has 0 saturated heterocycles. The summed E-state index contributed by atoms with van der Waals surface area (Å²) >= 11 is 0. The molecule has 5 heteroatoms. The number of ether oxygens (including phenoxy) is 1. The Morgan fingerprint density at radius 2 is 2.12 bits per heavy atom. The molecule has 0 aliphatic rings. The van der Waals surface area contributed by atoms with E-state index in [9.17, 15) is 4.79 Å². The quantitative estimate of drug-likeness (QED) is 0.721. The van der Waals surface area contributed by atoms with E-state index in [0.717, 1.165) is 5.52 Å². The molecule has 0 radical (unpaired) electrons. The van der Waals surface area contributed by atoms with Crippen LogP contribution in [0.25, 0.3) is 11.0 Å². The summed E-state index contributed by atoms with van der Waals surface area (Å²) in [5.41, 5.74) is 1.52. The Kier molecular flexibility index (Phi) is 2.38. The average molecular weight is 219 g/mol. The first-order valence-electron chi connectivity index (χ1n) is 4.98. The first-order chi connectivity index (χ1) is 7.52. The van der Waals surface area contributed by atoms with E-state index in [1.54, 1.807) is 12.1 Å². The summed E-state index contributed by atoms with van der Waals surface area (Å²) in [6.45, 7) is 6.56. The fourth-order valence-corrected chi connectivity index (χ4v) is 1.53. The van der Waals surface area contributed by atoms with Gasteiger partial charge in [0.2, 0.25) is 0 Å². The van der Waals surface area contributed by atoms with E-state index in [-0.39, 0.29) is 5.54 Å². The smallest absolute Gasteiger partial charge is 0.298 e. The van der Waals surface area contributed by atoms with Crippen LogP contribution < -0.4 is 4.74 Å². The van der Waals surface area contributed by atoms with Crippen molar-refractivity contribution in [2.45, 2.75) is 26.3 Å². The van der Waals surface area contributed by atoms with Crippen molar-refractivity contribution in [3.63, 3.8) is 0 Å². The first kappa shape index (κ1) is 10.6. The van der Waals surface area contributed by atoms with Gasteiger partial charge in [0, 0.05) is 6.07 Å². The third-order valence-corrected chi connectivity index (χ3v) is 2.24. The van der Waals surface area contributed by atoms with Gasteiger partial charge in [-0.1, -0.05) is 5.21 Å². The molecule has 16 heavy (non-hydrogen) atoms. The van der Waals surface area contributed by atoms with E-state index in [1.807, 2.05) is 10.7 Å². The van der Waals surface area contributed by atoms with Crippen LogP contribution in [0.15, 0.2) is 18.2 Å². The molecule has 84 valence electrons. The second-order valence-electron chi connectivity index (χ2n) is 4.54. The number of rotatable bonds is 2. The summed E-state index contributed by atoms with van der Waals surface area (Å²) < 4.78 is 6.59. The predicted molar refractivity (Wildman–Crippen MR) is 59.2 cm³/mol. The number of hydrogen-bond acceptors (Lipinski definition) is 4. The average Bonchev–Trinajstić information content (AvgIpc) is 2.60. The highest BCUT2D eigenvalue weighted by Gasteiger charge is 2.17. The van der Waals surface area contributed by atoms with Gasteiger partial charge in [-0.05, 0) is 32.9 Å². The van der Waals surface area contributed by atoms with Crippen molar-refractivity contribution in [1.82, 2.24) is 15.0 Å². The zero-order chi connectivity index (χ0) is 11.8. The van der Waals surface area contributed by atoms with Crippen LogP contribution >= 0.6 is 0 Å². The summed E-state index contributed by atoms with van der Waals surface area (Å²) in [6, 6.07) is 5.26. The molecule has 1 aromatic heterocycles. The number of hydrogen-bond donors (Lipinski definition) is 0. The Labute approximate surface area is 93.0 Å². The molecule has 0 N–H and O–H groups in total. The number of fused-ring (bicyclic) bond motifs is 1. The van der Waals surface area contributed by atoms with Crippen molar-refractivity contribution >= 4 is 17.5 Å². The zero-order valence-corrected chi connectivity index (χ0v) is 9.47. The van der Waals surface area contributed by atoms with Gasteiger partial charge in [-0.25, -0.2) is 4.68 Å². The fraction of sp³-hybridized carbons (Fsp3) is 0.364. The van der Waals surface area contributed by atoms with Crippen LogP contribution in [0, 0.1) is 0 Å². The minimum Gasteiger partial charge on any atom is -0.429 e. The second-order valence-corrected chi connectivity index (χ2v) is 4.54. The van der Waals surface area contributed by atoms with Gasteiger partial charge in [0.15, 0.2) is 0 Å². The zero-order valence-electron chi connectivity index (χ0n) is 9.47. The normalized spacial score (nSPS) is 11.7. The highest BCUT2D eigenvalue weighted by atomic mass is 16.5. The summed E-state index contributed by atoms with van der Waals surface area (Å²) in [7, 11) is 0. The summed E-state index contributed by atoms with van der Waals surface area (Å²) in [6.07, 6.45) is 0. The topological polar surface area (TPSA) is 57.0 Å². The Morgan fingerprint density at radius 1 is 1.38 bits per heavy atom. The number of aromatic nitrogens is 3. The van der Waals surface area contributed by atoms with E-state index in [1.165, 1.54) is 0 Å². The van der Waals surface area contributed by atoms with Crippen molar-refractivity contribution < 1.29 is 9.53 Å². The Balaban J connectivity index is 2.55. The lowest BCUT2D eigenvalue weighted by molar-refractivity contribution is -0.120. The Morgan fingerprint density at radius 3 is 2.75 bits per heavy atom. The third-order valence-electron chi connectivity index (χ3n) is 2.24. The van der Waals surface area contributed by atoms with Gasteiger partial charge in [0.05, 0.1) is 11.1 Å². The van der Waals surface area contributed by atoms with Crippen molar-refractivity contribution in [3.8, 4) is 5.75 Å². The summed E-state index contributed by atoms with van der Waals surface area (Å²) in [5.74, 6) is 0.475. The maximum atomic E-state index is 10.2. The molecule has 0 fully saturated rings. The summed E-state index contributed by atoms with van der Waals surface area (Å²) in [5, 5.41) is 8.14. The molecule has 0 amide bonds. The van der Waals surface area contributed by atoms with E-state index in [0.29, 0.717) is 17.7 Å². The lowest BCUT2D eigenvalue weighted by atomic mass is 10.1. The lowest BCUT2D eigenvalue weighted by Gasteiger charge is -2.19. The van der Waals surface area contributed by atoms with Gasteiger partial charge in [0.1, 0.15) is 11.3 Å². The molecule has 2 aromatic rings. The maximum absolute atomic E-state index is 10.2. The van der Waals surface area contributed by atoms with Gasteiger partial charge in [-0.15, -0.1) is 5.10 Å². The monoisotopic (exact) mass is 219 g/mol. The van der Waals surface area contributed by atoms with Crippen LogP contribution in [0.1, 0.15) is 20.8 Å². The van der Waals surface area contributed by atoms with Crippen LogP contribution in [-0.2, 0) is 10.3 Å².